The van der Waals surface area contributed by atoms with E-state index in [1.54, 1.807) is 10.9 Å². The zero-order valence-corrected chi connectivity index (χ0v) is 15.3. The second-order valence-corrected chi connectivity index (χ2v) is 7.16. The molecule has 0 N–H and O–H groups in total. The first kappa shape index (κ1) is 17.5. The van der Waals surface area contributed by atoms with Gasteiger partial charge in [0.1, 0.15) is 12.6 Å². The van der Waals surface area contributed by atoms with Gasteiger partial charge in [-0.05, 0) is 24.8 Å². The summed E-state index contributed by atoms with van der Waals surface area (Å²) in [6, 6.07) is 7.82. The zero-order valence-electron chi connectivity index (χ0n) is 15.3. The number of cyclic esters (lactones) is 1. The van der Waals surface area contributed by atoms with Crippen molar-refractivity contribution in [2.45, 2.75) is 38.3 Å². The largest absolute Gasteiger partial charge is 0.454 e. The van der Waals surface area contributed by atoms with Crippen LogP contribution in [0, 0.1) is 0 Å². The predicted octanol–water partition coefficient (Wildman–Crippen LogP) is 3.11. The molecule has 140 valence electrons. The normalized spacial score (nSPS) is 20.0. The summed E-state index contributed by atoms with van der Waals surface area (Å²) in [6.07, 6.45) is 7.17. The maximum Gasteiger partial charge on any atom is 0.334 e. The molecule has 6 nitrogen and oxygen atoms in total. The van der Waals surface area contributed by atoms with E-state index in [4.69, 9.17) is 4.74 Å². The summed E-state index contributed by atoms with van der Waals surface area (Å²) in [5.74, 6) is -0.226. The van der Waals surface area contributed by atoms with Gasteiger partial charge in [0.25, 0.3) is 0 Å². The van der Waals surface area contributed by atoms with Gasteiger partial charge in [0, 0.05) is 42.4 Å². The maximum absolute atomic E-state index is 12.5. The van der Waals surface area contributed by atoms with Crippen molar-refractivity contribution in [2.75, 3.05) is 13.1 Å². The summed E-state index contributed by atoms with van der Waals surface area (Å²) < 4.78 is 7.13. The molecule has 2 aromatic rings. The fourth-order valence-corrected chi connectivity index (χ4v) is 3.75. The summed E-state index contributed by atoms with van der Waals surface area (Å²) in [5, 5.41) is 4.37. The molecule has 1 amide bonds. The van der Waals surface area contributed by atoms with Gasteiger partial charge >= 0.3 is 5.97 Å². The third-order valence-corrected chi connectivity index (χ3v) is 5.23. The van der Waals surface area contributed by atoms with E-state index in [1.165, 1.54) is 6.42 Å². The van der Waals surface area contributed by atoms with Crippen LogP contribution in [0.15, 0.2) is 48.8 Å². The average molecular weight is 365 g/mol. The van der Waals surface area contributed by atoms with E-state index < -0.39 is 0 Å². The van der Waals surface area contributed by atoms with Gasteiger partial charge in [0.15, 0.2) is 0 Å². The molecule has 2 aliphatic rings. The number of aromatic nitrogens is 2. The highest BCUT2D eigenvalue weighted by Crippen LogP contribution is 2.37. The monoisotopic (exact) mass is 365 g/mol. The zero-order chi connectivity index (χ0) is 18.8. The molecule has 1 aromatic heterocycles. The number of esters is 1. The molecule has 0 aliphatic carbocycles. The van der Waals surface area contributed by atoms with Gasteiger partial charge in [0.05, 0.1) is 6.20 Å². The van der Waals surface area contributed by atoms with Crippen molar-refractivity contribution < 1.29 is 14.3 Å². The minimum Gasteiger partial charge on any atom is -0.454 e. The van der Waals surface area contributed by atoms with E-state index in [0.717, 1.165) is 42.6 Å². The Morgan fingerprint density at radius 3 is 2.74 bits per heavy atom. The Bertz CT molecular complexity index is 864. The first-order chi connectivity index (χ1) is 13.1. The quantitative estimate of drug-likeness (QED) is 0.617. The minimum atomic E-state index is -0.336. The van der Waals surface area contributed by atoms with Crippen molar-refractivity contribution in [3.63, 3.8) is 0 Å². The highest BCUT2D eigenvalue weighted by Gasteiger charge is 2.30. The first-order valence-corrected chi connectivity index (χ1v) is 9.40. The number of carbonyl (C=O) groups excluding carboxylic acids is 2. The Balaban J connectivity index is 1.52. The Labute approximate surface area is 158 Å². The molecular weight excluding hydrogens is 342 g/mol. The molecule has 4 rings (SSSR count). The van der Waals surface area contributed by atoms with Crippen molar-refractivity contribution in [2.24, 2.45) is 0 Å². The smallest absolute Gasteiger partial charge is 0.334 e. The maximum atomic E-state index is 12.5. The second-order valence-electron chi connectivity index (χ2n) is 7.16. The van der Waals surface area contributed by atoms with Crippen molar-refractivity contribution in [1.82, 2.24) is 14.7 Å². The van der Waals surface area contributed by atoms with Gasteiger partial charge in [-0.3, -0.25) is 9.48 Å². The highest BCUT2D eigenvalue weighted by atomic mass is 16.5. The fraction of sp³-hybridized carbons (Fsp3) is 0.381. The van der Waals surface area contributed by atoms with Crippen LogP contribution >= 0.6 is 0 Å². The van der Waals surface area contributed by atoms with Gasteiger partial charge in [-0.15, -0.1) is 0 Å². The number of hydrogen-bond donors (Lipinski definition) is 0. The number of ether oxygens (including phenoxy) is 1. The van der Waals surface area contributed by atoms with Crippen LogP contribution in [0.4, 0.5) is 0 Å². The third-order valence-electron chi connectivity index (χ3n) is 5.23. The molecule has 27 heavy (non-hydrogen) atoms. The number of rotatable bonds is 4. The SMILES string of the molecule is C=C1CC(c2ccccc2-c2cnn(CC(=O)N3CCCCC3)c2)OC1=O. The summed E-state index contributed by atoms with van der Waals surface area (Å²) in [6.45, 7) is 5.69. The number of hydrogen-bond acceptors (Lipinski definition) is 4. The van der Waals surface area contributed by atoms with E-state index in [0.29, 0.717) is 12.0 Å². The van der Waals surface area contributed by atoms with E-state index in [9.17, 15) is 9.59 Å². The second kappa shape index (κ2) is 7.39. The molecule has 0 saturated carbocycles. The van der Waals surface area contributed by atoms with Crippen LogP contribution in [0.2, 0.25) is 0 Å². The molecule has 1 aromatic carbocycles. The highest BCUT2D eigenvalue weighted by molar-refractivity contribution is 5.90. The van der Waals surface area contributed by atoms with Crippen LogP contribution in [0.5, 0.6) is 0 Å². The van der Waals surface area contributed by atoms with Crippen LogP contribution in [-0.4, -0.2) is 39.6 Å². The average Bonchev–Trinajstić information content (AvgIpc) is 3.29. The van der Waals surface area contributed by atoms with Gasteiger partial charge in [0.2, 0.25) is 5.91 Å². The number of piperidine rings is 1. The minimum absolute atomic E-state index is 0.110. The molecular formula is C21H23N3O3. The Hall–Kier alpha value is -2.89. The number of benzene rings is 1. The number of nitrogens with zero attached hydrogens (tertiary/aromatic N) is 3. The van der Waals surface area contributed by atoms with Crippen LogP contribution in [0.25, 0.3) is 11.1 Å². The fourth-order valence-electron chi connectivity index (χ4n) is 3.75. The Morgan fingerprint density at radius 1 is 1.22 bits per heavy atom. The third kappa shape index (κ3) is 3.65. The van der Waals surface area contributed by atoms with Gasteiger partial charge in [-0.2, -0.15) is 5.10 Å². The lowest BCUT2D eigenvalue weighted by Crippen LogP contribution is -2.37. The van der Waals surface area contributed by atoms with E-state index in [1.807, 2.05) is 35.4 Å². The summed E-state index contributed by atoms with van der Waals surface area (Å²) in [4.78, 5) is 26.1. The number of amides is 1. The lowest BCUT2D eigenvalue weighted by Gasteiger charge is -2.26. The predicted molar refractivity (Wildman–Crippen MR) is 101 cm³/mol. The van der Waals surface area contributed by atoms with E-state index in [-0.39, 0.29) is 24.5 Å². The molecule has 3 heterocycles. The first-order valence-electron chi connectivity index (χ1n) is 9.40. The molecule has 2 aliphatic heterocycles. The van der Waals surface area contributed by atoms with Crippen molar-refractivity contribution in [3.8, 4) is 11.1 Å². The van der Waals surface area contributed by atoms with Crippen LogP contribution < -0.4 is 0 Å². The number of likely N-dealkylation sites (tertiary alicyclic amines) is 1. The topological polar surface area (TPSA) is 64.4 Å². The standard InChI is InChI=1S/C21H23N3O3/c1-15-11-19(27-21(15)26)18-8-4-3-7-17(18)16-12-22-24(13-16)14-20(25)23-9-5-2-6-10-23/h3-4,7-8,12-13,19H,1-2,5-6,9-11,14H2. The molecule has 0 bridgehead atoms. The molecule has 2 fully saturated rings. The van der Waals surface area contributed by atoms with Crippen LogP contribution in [-0.2, 0) is 20.9 Å². The van der Waals surface area contributed by atoms with Crippen LogP contribution in [0.3, 0.4) is 0 Å². The molecule has 1 unspecified atom stereocenters. The van der Waals surface area contributed by atoms with Crippen molar-refractivity contribution in [3.05, 3.63) is 54.4 Å². The van der Waals surface area contributed by atoms with E-state index in [2.05, 4.69) is 11.7 Å². The molecule has 6 heteroatoms. The Morgan fingerprint density at radius 2 is 2.00 bits per heavy atom. The summed E-state index contributed by atoms with van der Waals surface area (Å²) in [7, 11) is 0. The Kier molecular flexibility index (Phi) is 4.79. The summed E-state index contributed by atoms with van der Waals surface area (Å²) in [5.41, 5.74) is 3.30. The molecule has 1 atom stereocenters. The van der Waals surface area contributed by atoms with E-state index >= 15 is 0 Å². The van der Waals surface area contributed by atoms with Crippen molar-refractivity contribution in [1.29, 1.82) is 0 Å². The molecule has 0 radical (unpaired) electrons. The van der Waals surface area contributed by atoms with Gasteiger partial charge in [-0.1, -0.05) is 30.8 Å². The lowest BCUT2D eigenvalue weighted by molar-refractivity contribution is -0.139. The van der Waals surface area contributed by atoms with Gasteiger partial charge in [-0.25, -0.2) is 4.79 Å². The molecule has 0 spiro atoms. The number of carbonyl (C=O) groups is 2. The lowest BCUT2D eigenvalue weighted by atomic mass is 9.96. The van der Waals surface area contributed by atoms with Crippen molar-refractivity contribution >= 4 is 11.9 Å². The summed E-state index contributed by atoms with van der Waals surface area (Å²) >= 11 is 0. The van der Waals surface area contributed by atoms with Crippen LogP contribution in [0.1, 0.15) is 37.4 Å². The molecule has 2 saturated heterocycles. The van der Waals surface area contributed by atoms with Gasteiger partial charge < -0.3 is 9.64 Å².